The molecule has 2 aliphatic carbocycles. The van der Waals surface area contributed by atoms with Gasteiger partial charge in [-0.1, -0.05) is 32.1 Å². The summed E-state index contributed by atoms with van der Waals surface area (Å²) in [5.74, 6) is 0.601. The molecule has 0 bridgehead atoms. The molecule has 124 valence electrons. The SMILES string of the molecule is O=C(CNC(=O)C1CC2CCCCC2N1)NC1CCCCC1. The van der Waals surface area contributed by atoms with E-state index in [-0.39, 0.29) is 24.4 Å². The van der Waals surface area contributed by atoms with Crippen LogP contribution in [0, 0.1) is 5.92 Å². The van der Waals surface area contributed by atoms with Crippen molar-refractivity contribution in [1.82, 2.24) is 16.0 Å². The number of nitrogens with one attached hydrogen (secondary N) is 3. The Balaban J connectivity index is 1.37. The molecular weight excluding hydrogens is 278 g/mol. The molecule has 3 fully saturated rings. The Kier molecular flexibility index (Phi) is 5.34. The molecule has 3 aliphatic rings. The first-order valence-corrected chi connectivity index (χ1v) is 9.05. The van der Waals surface area contributed by atoms with Gasteiger partial charge in [-0.05, 0) is 38.0 Å². The number of carbonyl (C=O) groups excluding carboxylic acids is 2. The molecule has 0 radical (unpaired) electrons. The quantitative estimate of drug-likeness (QED) is 0.736. The van der Waals surface area contributed by atoms with E-state index in [0.717, 1.165) is 19.3 Å². The van der Waals surface area contributed by atoms with Gasteiger partial charge in [0.15, 0.2) is 0 Å². The van der Waals surface area contributed by atoms with Gasteiger partial charge in [0.2, 0.25) is 11.8 Å². The fourth-order valence-corrected chi connectivity index (χ4v) is 4.34. The zero-order valence-corrected chi connectivity index (χ0v) is 13.4. The topological polar surface area (TPSA) is 70.2 Å². The van der Waals surface area contributed by atoms with Crippen LogP contribution in [0.3, 0.4) is 0 Å². The van der Waals surface area contributed by atoms with E-state index in [1.54, 1.807) is 0 Å². The third-order valence-corrected chi connectivity index (χ3v) is 5.57. The Morgan fingerprint density at radius 1 is 0.955 bits per heavy atom. The zero-order valence-electron chi connectivity index (χ0n) is 13.4. The van der Waals surface area contributed by atoms with E-state index in [2.05, 4.69) is 16.0 Å². The van der Waals surface area contributed by atoms with Crippen LogP contribution in [-0.4, -0.2) is 36.5 Å². The number of carbonyl (C=O) groups is 2. The van der Waals surface area contributed by atoms with Crippen LogP contribution in [-0.2, 0) is 9.59 Å². The van der Waals surface area contributed by atoms with Gasteiger partial charge in [-0.15, -0.1) is 0 Å². The number of rotatable bonds is 4. The Morgan fingerprint density at radius 2 is 1.68 bits per heavy atom. The number of hydrogen-bond donors (Lipinski definition) is 3. The molecule has 2 saturated carbocycles. The molecule has 22 heavy (non-hydrogen) atoms. The number of amides is 2. The van der Waals surface area contributed by atoms with Crippen LogP contribution in [0.1, 0.15) is 64.2 Å². The standard InChI is InChI=1S/C17H29N3O2/c21-16(19-13-7-2-1-3-8-13)11-18-17(22)15-10-12-6-4-5-9-14(12)20-15/h12-15,20H,1-11H2,(H,18,22)(H,19,21). The minimum atomic E-state index is -0.101. The largest absolute Gasteiger partial charge is 0.352 e. The van der Waals surface area contributed by atoms with Crippen molar-refractivity contribution in [3.63, 3.8) is 0 Å². The molecule has 3 atom stereocenters. The number of fused-ring (bicyclic) bond motifs is 1. The third-order valence-electron chi connectivity index (χ3n) is 5.57. The Bertz CT molecular complexity index is 393. The van der Waals surface area contributed by atoms with E-state index in [1.807, 2.05) is 0 Å². The van der Waals surface area contributed by atoms with Crippen LogP contribution in [0.4, 0.5) is 0 Å². The normalized spacial score (nSPS) is 32.3. The molecule has 0 spiro atoms. The maximum atomic E-state index is 12.2. The Hall–Kier alpha value is -1.10. The second-order valence-corrected chi connectivity index (χ2v) is 7.23. The van der Waals surface area contributed by atoms with Crippen molar-refractivity contribution < 1.29 is 9.59 Å². The van der Waals surface area contributed by atoms with Gasteiger partial charge < -0.3 is 16.0 Å². The first kappa shape index (κ1) is 15.8. The molecule has 1 heterocycles. The molecule has 1 saturated heterocycles. The average Bonchev–Trinajstić information content (AvgIpc) is 2.98. The lowest BCUT2D eigenvalue weighted by atomic mass is 9.85. The van der Waals surface area contributed by atoms with Crippen molar-refractivity contribution in [1.29, 1.82) is 0 Å². The molecule has 3 N–H and O–H groups in total. The zero-order chi connectivity index (χ0) is 15.4. The average molecular weight is 307 g/mol. The van der Waals surface area contributed by atoms with Gasteiger partial charge in [-0.25, -0.2) is 0 Å². The molecule has 2 amide bonds. The van der Waals surface area contributed by atoms with Crippen LogP contribution < -0.4 is 16.0 Å². The van der Waals surface area contributed by atoms with Crippen LogP contribution in [0.5, 0.6) is 0 Å². The minimum Gasteiger partial charge on any atom is -0.352 e. The van der Waals surface area contributed by atoms with Gasteiger partial charge in [-0.2, -0.15) is 0 Å². The highest BCUT2D eigenvalue weighted by Crippen LogP contribution is 2.33. The molecule has 5 heteroatoms. The van der Waals surface area contributed by atoms with Gasteiger partial charge in [0.1, 0.15) is 0 Å². The minimum absolute atomic E-state index is 0.00630. The van der Waals surface area contributed by atoms with Gasteiger partial charge in [0.25, 0.3) is 0 Å². The van der Waals surface area contributed by atoms with E-state index in [9.17, 15) is 9.59 Å². The number of hydrogen-bond acceptors (Lipinski definition) is 3. The molecule has 0 aromatic rings. The Labute approximate surface area is 133 Å². The fourth-order valence-electron chi connectivity index (χ4n) is 4.34. The summed E-state index contributed by atoms with van der Waals surface area (Å²) < 4.78 is 0. The van der Waals surface area contributed by atoms with E-state index in [1.165, 1.54) is 44.9 Å². The predicted molar refractivity (Wildman–Crippen MR) is 85.3 cm³/mol. The van der Waals surface area contributed by atoms with E-state index in [4.69, 9.17) is 0 Å². The van der Waals surface area contributed by atoms with E-state index >= 15 is 0 Å². The fraction of sp³-hybridized carbons (Fsp3) is 0.882. The summed E-state index contributed by atoms with van der Waals surface area (Å²) in [7, 11) is 0. The lowest BCUT2D eigenvalue weighted by molar-refractivity contribution is -0.127. The molecule has 0 aromatic heterocycles. The molecule has 3 unspecified atom stereocenters. The van der Waals surface area contributed by atoms with Crippen molar-refractivity contribution in [3.8, 4) is 0 Å². The highest BCUT2D eigenvalue weighted by atomic mass is 16.2. The molecule has 5 nitrogen and oxygen atoms in total. The van der Waals surface area contributed by atoms with Gasteiger partial charge in [-0.3, -0.25) is 9.59 Å². The highest BCUT2D eigenvalue weighted by molar-refractivity contribution is 5.87. The molecule has 3 rings (SSSR count). The maximum Gasteiger partial charge on any atom is 0.239 e. The first-order valence-electron chi connectivity index (χ1n) is 9.05. The maximum absolute atomic E-state index is 12.2. The second kappa shape index (κ2) is 7.44. The second-order valence-electron chi connectivity index (χ2n) is 7.23. The lowest BCUT2D eigenvalue weighted by Crippen LogP contribution is -2.47. The summed E-state index contributed by atoms with van der Waals surface area (Å²) in [6.07, 6.45) is 11.8. The van der Waals surface area contributed by atoms with Crippen molar-refractivity contribution in [2.45, 2.75) is 82.3 Å². The monoisotopic (exact) mass is 307 g/mol. The molecular formula is C17H29N3O2. The predicted octanol–water partition coefficient (Wildman–Crippen LogP) is 1.47. The lowest BCUT2D eigenvalue weighted by Gasteiger charge is -2.24. The van der Waals surface area contributed by atoms with Crippen LogP contribution >= 0.6 is 0 Å². The van der Waals surface area contributed by atoms with Gasteiger partial charge in [0.05, 0.1) is 12.6 Å². The first-order chi connectivity index (χ1) is 10.7. The summed E-state index contributed by atoms with van der Waals surface area (Å²) in [6.45, 7) is 0.114. The smallest absolute Gasteiger partial charge is 0.239 e. The summed E-state index contributed by atoms with van der Waals surface area (Å²) in [6, 6.07) is 0.724. The van der Waals surface area contributed by atoms with Crippen molar-refractivity contribution in [2.75, 3.05) is 6.54 Å². The van der Waals surface area contributed by atoms with E-state index < -0.39 is 0 Å². The summed E-state index contributed by atoms with van der Waals surface area (Å²) >= 11 is 0. The van der Waals surface area contributed by atoms with E-state index in [0.29, 0.717) is 18.0 Å². The summed E-state index contributed by atoms with van der Waals surface area (Å²) in [4.78, 5) is 24.2. The van der Waals surface area contributed by atoms with Crippen LogP contribution in [0.2, 0.25) is 0 Å². The summed E-state index contributed by atoms with van der Waals surface area (Å²) in [5, 5.41) is 9.30. The van der Waals surface area contributed by atoms with Gasteiger partial charge in [0, 0.05) is 12.1 Å². The van der Waals surface area contributed by atoms with Gasteiger partial charge >= 0.3 is 0 Å². The van der Waals surface area contributed by atoms with Crippen molar-refractivity contribution in [2.24, 2.45) is 5.92 Å². The molecule has 0 aromatic carbocycles. The third kappa shape index (κ3) is 4.00. The Morgan fingerprint density at radius 3 is 2.45 bits per heavy atom. The molecule has 1 aliphatic heterocycles. The van der Waals surface area contributed by atoms with Crippen LogP contribution in [0.15, 0.2) is 0 Å². The highest BCUT2D eigenvalue weighted by Gasteiger charge is 2.38. The van der Waals surface area contributed by atoms with Crippen molar-refractivity contribution >= 4 is 11.8 Å². The van der Waals surface area contributed by atoms with Crippen molar-refractivity contribution in [3.05, 3.63) is 0 Å². The summed E-state index contributed by atoms with van der Waals surface area (Å²) in [5.41, 5.74) is 0. The van der Waals surface area contributed by atoms with Crippen LogP contribution in [0.25, 0.3) is 0 Å².